The van der Waals surface area contributed by atoms with Gasteiger partial charge in [0.2, 0.25) is 0 Å². The molecule has 4 aromatic carbocycles. The van der Waals surface area contributed by atoms with Crippen LogP contribution in [0.3, 0.4) is 0 Å². The van der Waals surface area contributed by atoms with Gasteiger partial charge in [0.1, 0.15) is 0 Å². The lowest BCUT2D eigenvalue weighted by molar-refractivity contribution is 1.27. The first kappa shape index (κ1) is 16.9. The third kappa shape index (κ3) is 4.01. The third-order valence-corrected chi connectivity index (χ3v) is 4.49. The van der Waals surface area contributed by atoms with Crippen molar-refractivity contribution < 1.29 is 0 Å². The standard InChI is InChI=1S/C25H22N2/c1-20-12-16-24(17-13-20)27(23-10-6-3-7-11-23)25-18-14-22(15-19-25)26-21-8-4-2-5-9-21/h2-19,26H,1H3. The van der Waals surface area contributed by atoms with Crippen LogP contribution in [0.4, 0.5) is 28.4 Å². The van der Waals surface area contributed by atoms with Crippen LogP contribution in [-0.2, 0) is 0 Å². The van der Waals surface area contributed by atoms with Crippen LogP contribution < -0.4 is 10.2 Å². The quantitative estimate of drug-likeness (QED) is 0.409. The smallest absolute Gasteiger partial charge is 0.0463 e. The minimum atomic E-state index is 1.07. The van der Waals surface area contributed by atoms with Gasteiger partial charge < -0.3 is 10.2 Å². The number of aryl methyl sites for hydroxylation is 1. The van der Waals surface area contributed by atoms with E-state index in [2.05, 4.69) is 102 Å². The van der Waals surface area contributed by atoms with Crippen LogP contribution in [0.5, 0.6) is 0 Å². The van der Waals surface area contributed by atoms with Crippen molar-refractivity contribution in [3.63, 3.8) is 0 Å². The molecule has 0 fully saturated rings. The van der Waals surface area contributed by atoms with Crippen molar-refractivity contribution >= 4 is 28.4 Å². The first-order chi connectivity index (χ1) is 13.3. The molecule has 0 spiro atoms. The molecule has 27 heavy (non-hydrogen) atoms. The number of para-hydroxylation sites is 2. The van der Waals surface area contributed by atoms with Crippen molar-refractivity contribution in [1.82, 2.24) is 0 Å². The Morgan fingerprint density at radius 2 is 0.926 bits per heavy atom. The van der Waals surface area contributed by atoms with Crippen molar-refractivity contribution in [3.8, 4) is 0 Å². The van der Waals surface area contributed by atoms with Gasteiger partial charge in [-0.15, -0.1) is 0 Å². The number of nitrogens with one attached hydrogen (secondary N) is 1. The van der Waals surface area contributed by atoms with Gasteiger partial charge in [-0.1, -0.05) is 54.1 Å². The van der Waals surface area contributed by atoms with Gasteiger partial charge in [0.15, 0.2) is 0 Å². The Morgan fingerprint density at radius 3 is 1.52 bits per heavy atom. The molecule has 132 valence electrons. The maximum atomic E-state index is 3.44. The summed E-state index contributed by atoms with van der Waals surface area (Å²) in [6.45, 7) is 2.11. The molecule has 0 saturated carbocycles. The van der Waals surface area contributed by atoms with E-state index in [0.29, 0.717) is 0 Å². The highest BCUT2D eigenvalue weighted by Crippen LogP contribution is 2.35. The van der Waals surface area contributed by atoms with E-state index >= 15 is 0 Å². The predicted molar refractivity (Wildman–Crippen MR) is 116 cm³/mol. The molecule has 2 nitrogen and oxygen atoms in total. The van der Waals surface area contributed by atoms with Gasteiger partial charge in [-0.05, 0) is 67.6 Å². The number of hydrogen-bond acceptors (Lipinski definition) is 2. The number of hydrogen-bond donors (Lipinski definition) is 1. The Bertz CT molecular complexity index is 976. The fourth-order valence-corrected chi connectivity index (χ4v) is 3.10. The monoisotopic (exact) mass is 350 g/mol. The minimum Gasteiger partial charge on any atom is -0.356 e. The van der Waals surface area contributed by atoms with Crippen molar-refractivity contribution in [3.05, 3.63) is 115 Å². The highest BCUT2D eigenvalue weighted by molar-refractivity contribution is 5.77. The average Bonchev–Trinajstić information content (AvgIpc) is 2.73. The summed E-state index contributed by atoms with van der Waals surface area (Å²) in [5.41, 5.74) is 6.84. The largest absolute Gasteiger partial charge is 0.356 e. The fourth-order valence-electron chi connectivity index (χ4n) is 3.10. The number of benzene rings is 4. The molecule has 0 aliphatic heterocycles. The predicted octanol–water partition coefficient (Wildman–Crippen LogP) is 7.21. The van der Waals surface area contributed by atoms with Crippen LogP contribution >= 0.6 is 0 Å². The zero-order valence-corrected chi connectivity index (χ0v) is 15.3. The van der Waals surface area contributed by atoms with Crippen molar-refractivity contribution in [2.75, 3.05) is 10.2 Å². The fraction of sp³-hybridized carbons (Fsp3) is 0.0400. The van der Waals surface area contributed by atoms with Crippen molar-refractivity contribution in [2.24, 2.45) is 0 Å². The molecule has 4 aromatic rings. The van der Waals surface area contributed by atoms with E-state index in [1.807, 2.05) is 24.3 Å². The molecule has 0 amide bonds. The van der Waals surface area contributed by atoms with Gasteiger partial charge >= 0.3 is 0 Å². The van der Waals surface area contributed by atoms with Crippen LogP contribution in [0.15, 0.2) is 109 Å². The summed E-state index contributed by atoms with van der Waals surface area (Å²) < 4.78 is 0. The van der Waals surface area contributed by atoms with Gasteiger partial charge in [0.05, 0.1) is 0 Å². The molecular weight excluding hydrogens is 328 g/mol. The van der Waals surface area contributed by atoms with Crippen LogP contribution in [0.2, 0.25) is 0 Å². The second-order valence-electron chi connectivity index (χ2n) is 6.54. The molecule has 0 heterocycles. The summed E-state index contributed by atoms with van der Waals surface area (Å²) in [5.74, 6) is 0. The number of anilines is 5. The first-order valence-electron chi connectivity index (χ1n) is 9.13. The van der Waals surface area contributed by atoms with Gasteiger partial charge in [0, 0.05) is 28.4 Å². The Balaban J connectivity index is 1.67. The van der Waals surface area contributed by atoms with E-state index in [1.165, 1.54) is 5.56 Å². The average molecular weight is 350 g/mol. The Hall–Kier alpha value is -3.52. The molecule has 0 aliphatic carbocycles. The molecule has 0 bridgehead atoms. The summed E-state index contributed by atoms with van der Waals surface area (Å²) in [7, 11) is 0. The van der Waals surface area contributed by atoms with E-state index < -0.39 is 0 Å². The number of rotatable bonds is 5. The van der Waals surface area contributed by atoms with Gasteiger partial charge in [-0.3, -0.25) is 0 Å². The third-order valence-electron chi connectivity index (χ3n) is 4.49. The normalized spacial score (nSPS) is 10.4. The van der Waals surface area contributed by atoms with Gasteiger partial charge in [0.25, 0.3) is 0 Å². The number of nitrogens with zero attached hydrogens (tertiary/aromatic N) is 1. The van der Waals surface area contributed by atoms with Crippen LogP contribution in [0, 0.1) is 6.92 Å². The Labute approximate surface area is 160 Å². The summed E-state index contributed by atoms with van der Waals surface area (Å²) >= 11 is 0. The topological polar surface area (TPSA) is 15.3 Å². The molecule has 2 heteroatoms. The molecular formula is C25H22N2. The van der Waals surface area contributed by atoms with E-state index in [9.17, 15) is 0 Å². The molecule has 1 N–H and O–H groups in total. The van der Waals surface area contributed by atoms with Crippen LogP contribution in [-0.4, -0.2) is 0 Å². The maximum absolute atomic E-state index is 3.44. The van der Waals surface area contributed by atoms with E-state index in [-0.39, 0.29) is 0 Å². The molecule has 0 radical (unpaired) electrons. The van der Waals surface area contributed by atoms with Crippen LogP contribution in [0.25, 0.3) is 0 Å². The zero-order valence-electron chi connectivity index (χ0n) is 15.3. The Kier molecular flexibility index (Phi) is 4.88. The molecule has 0 atom stereocenters. The van der Waals surface area contributed by atoms with Crippen molar-refractivity contribution in [2.45, 2.75) is 6.92 Å². The maximum Gasteiger partial charge on any atom is 0.0463 e. The molecule has 4 rings (SSSR count). The molecule has 0 saturated heterocycles. The second kappa shape index (κ2) is 7.79. The summed E-state index contributed by atoms with van der Waals surface area (Å²) in [6.07, 6.45) is 0. The SMILES string of the molecule is Cc1ccc(N(c2ccccc2)c2ccc(Nc3ccccc3)cc2)cc1. The second-order valence-corrected chi connectivity index (χ2v) is 6.54. The lowest BCUT2D eigenvalue weighted by Crippen LogP contribution is -2.09. The van der Waals surface area contributed by atoms with Crippen LogP contribution in [0.1, 0.15) is 5.56 Å². The lowest BCUT2D eigenvalue weighted by Gasteiger charge is -2.25. The lowest BCUT2D eigenvalue weighted by atomic mass is 10.1. The van der Waals surface area contributed by atoms with Crippen molar-refractivity contribution in [1.29, 1.82) is 0 Å². The zero-order chi connectivity index (χ0) is 18.5. The van der Waals surface area contributed by atoms with Gasteiger partial charge in [-0.2, -0.15) is 0 Å². The van der Waals surface area contributed by atoms with E-state index in [4.69, 9.17) is 0 Å². The van der Waals surface area contributed by atoms with E-state index in [1.54, 1.807) is 0 Å². The minimum absolute atomic E-state index is 1.07. The molecule has 0 aliphatic rings. The highest BCUT2D eigenvalue weighted by atomic mass is 15.1. The molecule has 0 unspecified atom stereocenters. The summed E-state index contributed by atoms with van der Waals surface area (Å²) in [4.78, 5) is 2.27. The van der Waals surface area contributed by atoms with E-state index in [0.717, 1.165) is 28.4 Å². The van der Waals surface area contributed by atoms with Gasteiger partial charge in [-0.25, -0.2) is 0 Å². The summed E-state index contributed by atoms with van der Waals surface area (Å²) in [6, 6.07) is 37.8. The Morgan fingerprint density at radius 1 is 0.481 bits per heavy atom. The highest BCUT2D eigenvalue weighted by Gasteiger charge is 2.11. The summed E-state index contributed by atoms with van der Waals surface area (Å²) in [5, 5.41) is 3.44. The first-order valence-corrected chi connectivity index (χ1v) is 9.13. The molecule has 0 aromatic heterocycles.